The number of carbonyl (C=O) groups excluding carboxylic acids is 1. The van der Waals surface area contributed by atoms with E-state index in [-0.39, 0.29) is 11.1 Å². The fourth-order valence-corrected chi connectivity index (χ4v) is 10.1. The molecule has 0 radical (unpaired) electrons. The standard InChI is InChI=1S/C34H44N2O3Si/c1-33(2,3)39-32(37)35-28-22-23-29(36(25-28)24-27-16-10-7-11-17-27)26-38-40(34(4,5)6,30-18-12-8-13-19-30)31-20-14-9-15-21-31/h7-22,29H,23-26H2,1-6H3,(H,35,37). The molecule has 4 rings (SSSR count). The summed E-state index contributed by atoms with van der Waals surface area (Å²) in [5.41, 5.74) is 1.55. The molecule has 1 amide bonds. The van der Waals surface area contributed by atoms with Crippen molar-refractivity contribution >= 4 is 24.8 Å². The Morgan fingerprint density at radius 3 is 1.88 bits per heavy atom. The largest absolute Gasteiger partial charge is 0.444 e. The molecule has 3 aromatic rings. The molecule has 1 aliphatic rings. The number of nitrogens with one attached hydrogen (secondary N) is 1. The van der Waals surface area contributed by atoms with E-state index >= 15 is 0 Å². The number of carbonyl (C=O) groups is 1. The van der Waals surface area contributed by atoms with Crippen LogP contribution in [0.3, 0.4) is 0 Å². The fourth-order valence-electron chi connectivity index (χ4n) is 5.52. The number of benzene rings is 3. The number of hydrogen-bond acceptors (Lipinski definition) is 4. The molecule has 0 aliphatic carbocycles. The van der Waals surface area contributed by atoms with Gasteiger partial charge < -0.3 is 9.16 Å². The highest BCUT2D eigenvalue weighted by molar-refractivity contribution is 6.99. The van der Waals surface area contributed by atoms with E-state index in [0.717, 1.165) is 18.7 Å². The third-order valence-electron chi connectivity index (χ3n) is 7.33. The van der Waals surface area contributed by atoms with Crippen LogP contribution in [0, 0.1) is 0 Å². The quantitative estimate of drug-likeness (QED) is 0.334. The summed E-state index contributed by atoms with van der Waals surface area (Å²) in [5.74, 6) is 0. The number of rotatable bonds is 8. The minimum atomic E-state index is -2.66. The Hall–Kier alpha value is -3.19. The molecule has 1 unspecified atom stereocenters. The summed E-state index contributed by atoms with van der Waals surface area (Å²) in [7, 11) is -2.66. The molecular weight excluding hydrogens is 512 g/mol. The maximum Gasteiger partial charge on any atom is 0.411 e. The Morgan fingerprint density at radius 2 is 1.38 bits per heavy atom. The molecule has 212 valence electrons. The van der Waals surface area contributed by atoms with E-state index in [2.05, 4.69) is 122 Å². The number of ether oxygens (including phenoxy) is 1. The monoisotopic (exact) mass is 556 g/mol. The van der Waals surface area contributed by atoms with Gasteiger partial charge in [-0.2, -0.15) is 0 Å². The normalized spacial score (nSPS) is 16.8. The van der Waals surface area contributed by atoms with E-state index in [0.29, 0.717) is 13.2 Å². The van der Waals surface area contributed by atoms with E-state index < -0.39 is 20.0 Å². The second-order valence-corrected chi connectivity index (χ2v) is 16.9. The molecule has 1 heterocycles. The highest BCUT2D eigenvalue weighted by atomic mass is 28.4. The van der Waals surface area contributed by atoms with Crippen LogP contribution in [-0.4, -0.2) is 44.1 Å². The molecule has 40 heavy (non-hydrogen) atoms. The Balaban J connectivity index is 1.64. The van der Waals surface area contributed by atoms with Crippen LogP contribution in [-0.2, 0) is 15.7 Å². The van der Waals surface area contributed by atoms with Crippen LogP contribution >= 0.6 is 0 Å². The summed E-state index contributed by atoms with van der Waals surface area (Å²) in [6.45, 7) is 14.5. The van der Waals surface area contributed by atoms with Crippen molar-refractivity contribution in [2.24, 2.45) is 0 Å². The molecule has 0 saturated carbocycles. The number of amides is 1. The minimum absolute atomic E-state index is 0.0894. The molecular formula is C34H44N2O3Si. The van der Waals surface area contributed by atoms with Crippen molar-refractivity contribution in [3.63, 3.8) is 0 Å². The van der Waals surface area contributed by atoms with Gasteiger partial charge in [0.25, 0.3) is 8.32 Å². The summed E-state index contributed by atoms with van der Waals surface area (Å²) in [6.07, 6.45) is 2.49. The topological polar surface area (TPSA) is 50.8 Å². The molecule has 0 saturated heterocycles. The smallest absolute Gasteiger partial charge is 0.411 e. The van der Waals surface area contributed by atoms with Crippen LogP contribution in [0.15, 0.2) is 103 Å². The van der Waals surface area contributed by atoms with E-state index in [1.54, 1.807) is 0 Å². The van der Waals surface area contributed by atoms with Crippen LogP contribution in [0.1, 0.15) is 53.5 Å². The first-order chi connectivity index (χ1) is 19.0. The van der Waals surface area contributed by atoms with Gasteiger partial charge in [-0.1, -0.05) is 118 Å². The van der Waals surface area contributed by atoms with Gasteiger partial charge in [-0.15, -0.1) is 0 Å². The van der Waals surface area contributed by atoms with Gasteiger partial charge in [0.15, 0.2) is 0 Å². The first-order valence-electron chi connectivity index (χ1n) is 14.2. The number of nitrogens with zero attached hydrogens (tertiary/aromatic N) is 1. The number of hydrogen-bond donors (Lipinski definition) is 1. The lowest BCUT2D eigenvalue weighted by atomic mass is 10.1. The van der Waals surface area contributed by atoms with Crippen molar-refractivity contribution in [3.05, 3.63) is 108 Å². The summed E-state index contributed by atoms with van der Waals surface area (Å²) >= 11 is 0. The molecule has 1 atom stereocenters. The summed E-state index contributed by atoms with van der Waals surface area (Å²) < 4.78 is 12.8. The molecule has 0 aromatic heterocycles. The van der Waals surface area contributed by atoms with E-state index in [1.807, 2.05) is 26.8 Å². The summed E-state index contributed by atoms with van der Waals surface area (Å²) in [6, 6.07) is 32.2. The molecule has 0 spiro atoms. The van der Waals surface area contributed by atoms with Crippen molar-refractivity contribution in [2.45, 2.75) is 71.2 Å². The second-order valence-electron chi connectivity index (χ2n) is 12.6. The predicted octanol–water partition coefficient (Wildman–Crippen LogP) is 6.25. The van der Waals surface area contributed by atoms with Gasteiger partial charge >= 0.3 is 6.09 Å². The van der Waals surface area contributed by atoms with Crippen LogP contribution in [0.4, 0.5) is 4.79 Å². The average molecular weight is 557 g/mol. The molecule has 0 bridgehead atoms. The molecule has 1 aliphatic heterocycles. The Bertz CT molecular complexity index is 1230. The molecule has 1 N–H and O–H groups in total. The van der Waals surface area contributed by atoms with E-state index in [1.165, 1.54) is 15.9 Å². The Kier molecular flexibility index (Phi) is 9.34. The SMILES string of the molecule is CC(C)(C)OC(=O)NC1=CCC(CO[Si](c2ccccc2)(c2ccccc2)C(C)(C)C)N(Cc2ccccc2)C1. The first kappa shape index (κ1) is 29.8. The first-order valence-corrected chi connectivity index (χ1v) is 16.1. The lowest BCUT2D eigenvalue weighted by Crippen LogP contribution is -2.67. The van der Waals surface area contributed by atoms with Gasteiger partial charge in [-0.05, 0) is 48.2 Å². The zero-order valence-corrected chi connectivity index (χ0v) is 25.8. The minimum Gasteiger partial charge on any atom is -0.444 e. The zero-order chi connectivity index (χ0) is 28.8. The highest BCUT2D eigenvalue weighted by Crippen LogP contribution is 2.37. The van der Waals surface area contributed by atoms with Crippen LogP contribution in [0.25, 0.3) is 0 Å². The molecule has 6 heteroatoms. The summed E-state index contributed by atoms with van der Waals surface area (Å²) in [5, 5.41) is 5.46. The lowest BCUT2D eigenvalue weighted by Gasteiger charge is -2.45. The lowest BCUT2D eigenvalue weighted by molar-refractivity contribution is 0.0531. The van der Waals surface area contributed by atoms with Gasteiger partial charge in [0.1, 0.15) is 5.60 Å². The average Bonchev–Trinajstić information content (AvgIpc) is 2.90. The summed E-state index contributed by atoms with van der Waals surface area (Å²) in [4.78, 5) is 15.0. The predicted molar refractivity (Wildman–Crippen MR) is 166 cm³/mol. The zero-order valence-electron chi connectivity index (χ0n) is 24.8. The van der Waals surface area contributed by atoms with E-state index in [4.69, 9.17) is 9.16 Å². The van der Waals surface area contributed by atoms with Crippen molar-refractivity contribution in [2.75, 3.05) is 13.2 Å². The maximum atomic E-state index is 12.5. The van der Waals surface area contributed by atoms with Crippen molar-refractivity contribution in [1.29, 1.82) is 0 Å². The Labute approximate surface area is 241 Å². The molecule has 5 nitrogen and oxygen atoms in total. The van der Waals surface area contributed by atoms with Crippen LogP contribution < -0.4 is 15.7 Å². The van der Waals surface area contributed by atoms with Gasteiger partial charge in [-0.3, -0.25) is 10.2 Å². The van der Waals surface area contributed by atoms with Crippen LogP contribution in [0.2, 0.25) is 5.04 Å². The van der Waals surface area contributed by atoms with Gasteiger partial charge in [0, 0.05) is 24.8 Å². The van der Waals surface area contributed by atoms with E-state index in [9.17, 15) is 4.79 Å². The second kappa shape index (κ2) is 12.5. The van der Waals surface area contributed by atoms with Crippen molar-refractivity contribution < 1.29 is 14.0 Å². The maximum absolute atomic E-state index is 12.5. The van der Waals surface area contributed by atoms with Crippen molar-refractivity contribution in [3.8, 4) is 0 Å². The van der Waals surface area contributed by atoms with Crippen molar-refractivity contribution in [1.82, 2.24) is 10.2 Å². The third kappa shape index (κ3) is 7.30. The van der Waals surface area contributed by atoms with Crippen LogP contribution in [0.5, 0.6) is 0 Å². The fraction of sp³-hybridized carbons (Fsp3) is 0.382. The van der Waals surface area contributed by atoms with Gasteiger partial charge in [0.2, 0.25) is 0 Å². The van der Waals surface area contributed by atoms with Gasteiger partial charge in [-0.25, -0.2) is 4.79 Å². The Morgan fingerprint density at radius 1 is 0.850 bits per heavy atom. The molecule has 3 aromatic carbocycles. The number of alkyl carbamates (subject to hydrolysis) is 1. The highest BCUT2D eigenvalue weighted by Gasteiger charge is 2.50. The van der Waals surface area contributed by atoms with Gasteiger partial charge in [0.05, 0.1) is 6.61 Å². The molecule has 0 fully saturated rings. The third-order valence-corrected chi connectivity index (χ3v) is 12.3.